The van der Waals surface area contributed by atoms with Gasteiger partial charge >= 0.3 is 0 Å². The van der Waals surface area contributed by atoms with E-state index in [0.29, 0.717) is 5.75 Å². The molecule has 0 aliphatic carbocycles. The molecule has 0 aliphatic heterocycles. The molecule has 0 amide bonds. The topological polar surface area (TPSA) is 35.5 Å². The molecule has 3 nitrogen and oxygen atoms in total. The number of carbonyl (C=O) groups excluding carboxylic acids is 1. The van der Waals surface area contributed by atoms with Crippen molar-refractivity contribution in [2.75, 3.05) is 13.7 Å². The van der Waals surface area contributed by atoms with E-state index in [4.69, 9.17) is 9.47 Å². The molecule has 0 N–H and O–H groups in total. The van der Waals surface area contributed by atoms with Crippen LogP contribution in [0.3, 0.4) is 0 Å². The minimum absolute atomic E-state index is 0.0226. The van der Waals surface area contributed by atoms with Crippen LogP contribution in [0, 0.1) is 11.6 Å². The molecule has 0 saturated heterocycles. The molecule has 2 aromatic carbocycles. The first-order valence-corrected chi connectivity index (χ1v) is 5.86. The third-order valence-corrected chi connectivity index (χ3v) is 2.66. The summed E-state index contributed by atoms with van der Waals surface area (Å²) in [6.45, 7) is -0.286. The molecule has 0 atom stereocenters. The van der Waals surface area contributed by atoms with Gasteiger partial charge in [0.1, 0.15) is 11.5 Å². The van der Waals surface area contributed by atoms with Gasteiger partial charge in [0.25, 0.3) is 0 Å². The van der Waals surface area contributed by atoms with Crippen LogP contribution in [-0.4, -0.2) is 19.5 Å². The number of methoxy groups -OCH3 is 1. The van der Waals surface area contributed by atoms with Crippen molar-refractivity contribution in [3.8, 4) is 11.5 Å². The average Bonchev–Trinajstić information content (AvgIpc) is 2.48. The van der Waals surface area contributed by atoms with E-state index in [1.807, 2.05) is 6.07 Å². The minimum Gasteiger partial charge on any atom is -0.496 e. The second-order valence-corrected chi connectivity index (χ2v) is 3.99. The number of halogens is 2. The Balaban J connectivity index is 2.15. The molecule has 20 heavy (non-hydrogen) atoms. The van der Waals surface area contributed by atoms with Crippen molar-refractivity contribution >= 4 is 5.78 Å². The zero-order valence-electron chi connectivity index (χ0n) is 10.7. The van der Waals surface area contributed by atoms with Gasteiger partial charge < -0.3 is 9.47 Å². The number of hydrogen-bond donors (Lipinski definition) is 0. The van der Waals surface area contributed by atoms with Crippen molar-refractivity contribution in [2.45, 2.75) is 0 Å². The number of rotatable bonds is 5. The molecule has 0 heterocycles. The molecule has 104 valence electrons. The highest BCUT2D eigenvalue weighted by molar-refractivity contribution is 5.99. The summed E-state index contributed by atoms with van der Waals surface area (Å²) in [5.41, 5.74) is -0.0534. The van der Waals surface area contributed by atoms with Gasteiger partial charge in [-0.1, -0.05) is 18.2 Å². The van der Waals surface area contributed by atoms with E-state index >= 15 is 0 Å². The van der Waals surface area contributed by atoms with Gasteiger partial charge in [-0.2, -0.15) is 0 Å². The van der Waals surface area contributed by atoms with Crippen molar-refractivity contribution < 1.29 is 23.0 Å². The number of Topliss-reactive ketones (excluding diaryl/α,β-unsaturated/α-hetero) is 1. The lowest BCUT2D eigenvalue weighted by atomic mass is 10.1. The van der Waals surface area contributed by atoms with Crippen LogP contribution < -0.4 is 9.47 Å². The van der Waals surface area contributed by atoms with Crippen LogP contribution in [0.25, 0.3) is 0 Å². The molecule has 0 saturated carbocycles. The SMILES string of the molecule is COc1cc(F)c(F)cc1C(=O)COc1ccccc1. The van der Waals surface area contributed by atoms with Crippen LogP contribution in [0.15, 0.2) is 42.5 Å². The van der Waals surface area contributed by atoms with E-state index in [9.17, 15) is 13.6 Å². The van der Waals surface area contributed by atoms with Crippen LogP contribution in [0.4, 0.5) is 8.78 Å². The van der Waals surface area contributed by atoms with Crippen molar-refractivity contribution in [2.24, 2.45) is 0 Å². The monoisotopic (exact) mass is 278 g/mol. The molecule has 0 aromatic heterocycles. The maximum absolute atomic E-state index is 13.2. The molecule has 0 fully saturated rings. The first-order chi connectivity index (χ1) is 9.61. The van der Waals surface area contributed by atoms with Crippen LogP contribution in [0.2, 0.25) is 0 Å². The summed E-state index contributed by atoms with van der Waals surface area (Å²) in [5.74, 6) is -2.17. The van der Waals surface area contributed by atoms with E-state index in [1.165, 1.54) is 7.11 Å². The zero-order chi connectivity index (χ0) is 14.5. The van der Waals surface area contributed by atoms with Crippen molar-refractivity contribution in [1.29, 1.82) is 0 Å². The normalized spacial score (nSPS) is 10.2. The number of ether oxygens (including phenoxy) is 2. The van der Waals surface area contributed by atoms with E-state index in [2.05, 4.69) is 0 Å². The smallest absolute Gasteiger partial charge is 0.204 e. The van der Waals surface area contributed by atoms with Gasteiger partial charge in [-0.15, -0.1) is 0 Å². The van der Waals surface area contributed by atoms with Crippen molar-refractivity contribution in [3.63, 3.8) is 0 Å². The van der Waals surface area contributed by atoms with Crippen molar-refractivity contribution in [3.05, 3.63) is 59.7 Å². The van der Waals surface area contributed by atoms with Gasteiger partial charge in [-0.25, -0.2) is 8.78 Å². The van der Waals surface area contributed by atoms with E-state index in [-0.39, 0.29) is 17.9 Å². The van der Waals surface area contributed by atoms with Crippen LogP contribution >= 0.6 is 0 Å². The molecule has 0 radical (unpaired) electrons. The largest absolute Gasteiger partial charge is 0.496 e. The lowest BCUT2D eigenvalue weighted by molar-refractivity contribution is 0.0918. The zero-order valence-corrected chi connectivity index (χ0v) is 10.7. The fourth-order valence-corrected chi connectivity index (χ4v) is 1.66. The summed E-state index contributed by atoms with van der Waals surface area (Å²) in [7, 11) is 1.28. The van der Waals surface area contributed by atoms with Gasteiger partial charge in [-0.05, 0) is 18.2 Å². The molecular formula is C15H12F2O3. The number of para-hydroxylation sites is 1. The molecule has 0 aliphatic rings. The Bertz CT molecular complexity index is 612. The Kier molecular flexibility index (Phi) is 4.30. The first-order valence-electron chi connectivity index (χ1n) is 5.86. The Morgan fingerprint density at radius 3 is 2.40 bits per heavy atom. The Morgan fingerprint density at radius 2 is 1.75 bits per heavy atom. The fraction of sp³-hybridized carbons (Fsp3) is 0.133. The maximum atomic E-state index is 13.2. The Hall–Kier alpha value is -2.43. The summed E-state index contributed by atoms with van der Waals surface area (Å²) in [6.07, 6.45) is 0. The number of carbonyl (C=O) groups is 1. The summed E-state index contributed by atoms with van der Waals surface area (Å²) in [6, 6.07) is 10.4. The van der Waals surface area contributed by atoms with E-state index in [0.717, 1.165) is 12.1 Å². The first kappa shape index (κ1) is 14.0. The molecule has 2 aromatic rings. The Morgan fingerprint density at radius 1 is 1.10 bits per heavy atom. The second-order valence-electron chi connectivity index (χ2n) is 3.99. The van der Waals surface area contributed by atoms with Crippen molar-refractivity contribution in [1.82, 2.24) is 0 Å². The van der Waals surface area contributed by atoms with Crippen LogP contribution in [-0.2, 0) is 0 Å². The summed E-state index contributed by atoms with van der Waals surface area (Å²) >= 11 is 0. The van der Waals surface area contributed by atoms with Gasteiger partial charge in [0.2, 0.25) is 5.78 Å². The lowest BCUT2D eigenvalue weighted by Crippen LogP contribution is -2.13. The molecular weight excluding hydrogens is 266 g/mol. The number of ketones is 1. The molecule has 2 rings (SSSR count). The van der Waals surface area contributed by atoms with E-state index < -0.39 is 17.4 Å². The summed E-state index contributed by atoms with van der Waals surface area (Å²) in [5, 5.41) is 0. The standard InChI is InChI=1S/C15H12F2O3/c1-19-15-8-13(17)12(16)7-11(15)14(18)9-20-10-5-3-2-4-6-10/h2-8H,9H2,1H3. The average molecular weight is 278 g/mol. The predicted octanol–water partition coefficient (Wildman–Crippen LogP) is 3.24. The molecule has 0 unspecified atom stereocenters. The van der Waals surface area contributed by atoms with Crippen LogP contribution in [0.5, 0.6) is 11.5 Å². The number of benzene rings is 2. The van der Waals surface area contributed by atoms with E-state index in [1.54, 1.807) is 24.3 Å². The van der Waals surface area contributed by atoms with Crippen LogP contribution in [0.1, 0.15) is 10.4 Å². The molecule has 0 spiro atoms. The van der Waals surface area contributed by atoms with Gasteiger partial charge in [0.05, 0.1) is 12.7 Å². The lowest BCUT2D eigenvalue weighted by Gasteiger charge is -2.09. The summed E-state index contributed by atoms with van der Waals surface area (Å²) < 4.78 is 36.4. The molecule has 5 heteroatoms. The molecule has 0 bridgehead atoms. The van der Waals surface area contributed by atoms with Gasteiger partial charge in [0.15, 0.2) is 18.2 Å². The predicted molar refractivity (Wildman–Crippen MR) is 69.2 cm³/mol. The highest BCUT2D eigenvalue weighted by Gasteiger charge is 2.17. The highest BCUT2D eigenvalue weighted by Crippen LogP contribution is 2.23. The minimum atomic E-state index is -1.10. The summed E-state index contributed by atoms with van der Waals surface area (Å²) in [4.78, 5) is 12.0. The third-order valence-electron chi connectivity index (χ3n) is 2.66. The second kappa shape index (κ2) is 6.14. The number of hydrogen-bond acceptors (Lipinski definition) is 3. The Labute approximate surface area is 114 Å². The maximum Gasteiger partial charge on any atom is 0.204 e. The third kappa shape index (κ3) is 3.12. The fourth-order valence-electron chi connectivity index (χ4n) is 1.66. The van der Waals surface area contributed by atoms with Gasteiger partial charge in [0, 0.05) is 6.07 Å². The highest BCUT2D eigenvalue weighted by atomic mass is 19.2. The quantitative estimate of drug-likeness (QED) is 0.788. The van der Waals surface area contributed by atoms with Gasteiger partial charge in [-0.3, -0.25) is 4.79 Å².